The molecule has 2 heteroatoms. The molecule has 0 spiro atoms. The van der Waals surface area contributed by atoms with Gasteiger partial charge in [-0.2, -0.15) is 0 Å². The van der Waals surface area contributed by atoms with Gasteiger partial charge in [-0.3, -0.25) is 0 Å². The highest BCUT2D eigenvalue weighted by molar-refractivity contribution is 8.00. The van der Waals surface area contributed by atoms with Crippen LogP contribution in [0.3, 0.4) is 0 Å². The third-order valence-corrected chi connectivity index (χ3v) is 4.92. The molecule has 1 aliphatic carbocycles. The summed E-state index contributed by atoms with van der Waals surface area (Å²) in [6.45, 7) is 3.35. The van der Waals surface area contributed by atoms with Crippen molar-refractivity contribution in [3.63, 3.8) is 0 Å². The molecule has 0 radical (unpaired) electrons. The summed E-state index contributed by atoms with van der Waals surface area (Å²) in [6.07, 6.45) is 9.54. The van der Waals surface area contributed by atoms with Gasteiger partial charge in [-0.05, 0) is 43.5 Å². The second-order valence-electron chi connectivity index (χ2n) is 5.18. The van der Waals surface area contributed by atoms with Crippen LogP contribution in [0.4, 0.5) is 5.69 Å². The lowest BCUT2D eigenvalue weighted by atomic mass is 10.2. The van der Waals surface area contributed by atoms with Crippen LogP contribution in [0.2, 0.25) is 0 Å². The molecule has 18 heavy (non-hydrogen) atoms. The van der Waals surface area contributed by atoms with E-state index in [-0.39, 0.29) is 0 Å². The predicted molar refractivity (Wildman–Crippen MR) is 82.6 cm³/mol. The van der Waals surface area contributed by atoms with Crippen molar-refractivity contribution in [2.75, 3.05) is 11.9 Å². The number of benzene rings is 1. The van der Waals surface area contributed by atoms with Gasteiger partial charge >= 0.3 is 0 Å². The van der Waals surface area contributed by atoms with Crippen LogP contribution in [0.15, 0.2) is 29.2 Å². The minimum Gasteiger partial charge on any atom is -0.385 e. The maximum atomic E-state index is 3.49. The minimum absolute atomic E-state index is 0.869. The molecular formula is C16H25NS. The average molecular weight is 263 g/mol. The van der Waals surface area contributed by atoms with Crippen molar-refractivity contribution in [2.24, 2.45) is 0 Å². The standard InChI is InChI=1S/C16H25NS/c1-2-3-6-13-17-14-9-11-16(12-10-14)18-15-7-4-5-8-15/h9-12,15,17H,2-8,13H2,1H3. The second-order valence-corrected chi connectivity index (χ2v) is 6.56. The Morgan fingerprint density at radius 2 is 1.83 bits per heavy atom. The Kier molecular flexibility index (Phi) is 5.92. The van der Waals surface area contributed by atoms with E-state index < -0.39 is 0 Å². The molecule has 0 heterocycles. The van der Waals surface area contributed by atoms with Gasteiger partial charge in [0, 0.05) is 22.4 Å². The summed E-state index contributed by atoms with van der Waals surface area (Å²) in [5.74, 6) is 0. The van der Waals surface area contributed by atoms with E-state index in [2.05, 4.69) is 48.3 Å². The molecule has 0 unspecified atom stereocenters. The van der Waals surface area contributed by atoms with Gasteiger partial charge in [-0.25, -0.2) is 0 Å². The molecule has 1 fully saturated rings. The van der Waals surface area contributed by atoms with E-state index >= 15 is 0 Å². The first kappa shape index (κ1) is 13.8. The van der Waals surface area contributed by atoms with Gasteiger partial charge in [0.15, 0.2) is 0 Å². The van der Waals surface area contributed by atoms with Crippen LogP contribution in [0, 0.1) is 0 Å². The maximum absolute atomic E-state index is 3.49. The van der Waals surface area contributed by atoms with E-state index in [1.165, 1.54) is 55.5 Å². The lowest BCUT2D eigenvalue weighted by Gasteiger charge is -2.10. The molecule has 1 aliphatic rings. The van der Waals surface area contributed by atoms with E-state index in [0.29, 0.717) is 0 Å². The van der Waals surface area contributed by atoms with E-state index in [1.807, 2.05) is 0 Å². The number of thioether (sulfide) groups is 1. The van der Waals surface area contributed by atoms with Gasteiger partial charge < -0.3 is 5.32 Å². The first-order chi connectivity index (χ1) is 8.88. The smallest absolute Gasteiger partial charge is 0.0340 e. The number of rotatable bonds is 7. The lowest BCUT2D eigenvalue weighted by Crippen LogP contribution is -2.01. The molecule has 0 atom stereocenters. The first-order valence-corrected chi connectivity index (χ1v) is 8.27. The Hall–Kier alpha value is -0.630. The van der Waals surface area contributed by atoms with Crippen molar-refractivity contribution < 1.29 is 0 Å². The fraction of sp³-hybridized carbons (Fsp3) is 0.625. The molecule has 0 saturated heterocycles. The molecule has 0 aromatic heterocycles. The number of hydrogen-bond acceptors (Lipinski definition) is 2. The fourth-order valence-electron chi connectivity index (χ4n) is 2.46. The summed E-state index contributed by atoms with van der Waals surface area (Å²) in [7, 11) is 0. The van der Waals surface area contributed by atoms with E-state index in [4.69, 9.17) is 0 Å². The highest BCUT2D eigenvalue weighted by Crippen LogP contribution is 2.34. The highest BCUT2D eigenvalue weighted by atomic mass is 32.2. The molecular weight excluding hydrogens is 238 g/mol. The summed E-state index contributed by atoms with van der Waals surface area (Å²) >= 11 is 2.06. The summed E-state index contributed by atoms with van der Waals surface area (Å²) < 4.78 is 0. The van der Waals surface area contributed by atoms with Crippen LogP contribution in [-0.2, 0) is 0 Å². The fourth-order valence-corrected chi connectivity index (χ4v) is 3.70. The first-order valence-electron chi connectivity index (χ1n) is 7.39. The Bertz CT molecular complexity index is 327. The van der Waals surface area contributed by atoms with Gasteiger partial charge in [0.05, 0.1) is 0 Å². The van der Waals surface area contributed by atoms with E-state index in [1.54, 1.807) is 0 Å². The van der Waals surface area contributed by atoms with E-state index in [0.717, 1.165) is 11.8 Å². The summed E-state index contributed by atoms with van der Waals surface area (Å²) in [4.78, 5) is 1.43. The van der Waals surface area contributed by atoms with Crippen LogP contribution in [0.1, 0.15) is 51.9 Å². The zero-order valence-corrected chi connectivity index (χ0v) is 12.3. The van der Waals surface area contributed by atoms with Crippen molar-refractivity contribution in [1.29, 1.82) is 0 Å². The topological polar surface area (TPSA) is 12.0 Å². The third-order valence-electron chi connectivity index (χ3n) is 3.57. The van der Waals surface area contributed by atoms with Crippen molar-refractivity contribution >= 4 is 17.4 Å². The predicted octanol–water partition coefficient (Wildman–Crippen LogP) is 5.32. The quantitative estimate of drug-likeness (QED) is 0.668. The molecule has 0 bridgehead atoms. The van der Waals surface area contributed by atoms with Crippen molar-refractivity contribution in [2.45, 2.75) is 62.0 Å². The van der Waals surface area contributed by atoms with Gasteiger partial charge in [0.1, 0.15) is 0 Å². The van der Waals surface area contributed by atoms with Crippen LogP contribution in [0.25, 0.3) is 0 Å². The van der Waals surface area contributed by atoms with Crippen molar-refractivity contribution in [3.8, 4) is 0 Å². The number of nitrogens with one attached hydrogen (secondary N) is 1. The largest absolute Gasteiger partial charge is 0.385 e. The van der Waals surface area contributed by atoms with E-state index in [9.17, 15) is 0 Å². The maximum Gasteiger partial charge on any atom is 0.0340 e. The summed E-state index contributed by atoms with van der Waals surface area (Å²) in [6, 6.07) is 8.99. The third kappa shape index (κ3) is 4.56. The van der Waals surface area contributed by atoms with Gasteiger partial charge in [-0.1, -0.05) is 32.6 Å². The molecule has 1 aromatic rings. The number of unbranched alkanes of at least 4 members (excludes halogenated alkanes) is 2. The van der Waals surface area contributed by atoms with Crippen LogP contribution < -0.4 is 5.32 Å². The molecule has 1 N–H and O–H groups in total. The molecule has 1 aromatic carbocycles. The molecule has 1 nitrogen and oxygen atoms in total. The number of hydrogen-bond donors (Lipinski definition) is 1. The highest BCUT2D eigenvalue weighted by Gasteiger charge is 2.15. The zero-order valence-electron chi connectivity index (χ0n) is 11.5. The number of anilines is 1. The van der Waals surface area contributed by atoms with Crippen LogP contribution >= 0.6 is 11.8 Å². The lowest BCUT2D eigenvalue weighted by molar-refractivity contribution is 0.744. The monoisotopic (exact) mass is 263 g/mol. The SMILES string of the molecule is CCCCCNc1ccc(SC2CCCC2)cc1. The minimum atomic E-state index is 0.869. The molecule has 0 amide bonds. The second kappa shape index (κ2) is 7.73. The normalized spacial score (nSPS) is 16.1. The van der Waals surface area contributed by atoms with Crippen molar-refractivity contribution in [1.82, 2.24) is 0 Å². The molecule has 100 valence electrons. The Balaban J connectivity index is 1.74. The Morgan fingerprint density at radius 1 is 1.11 bits per heavy atom. The van der Waals surface area contributed by atoms with Gasteiger partial charge in [0.25, 0.3) is 0 Å². The summed E-state index contributed by atoms with van der Waals surface area (Å²) in [5, 5.41) is 4.36. The Labute approximate surface area is 116 Å². The molecule has 2 rings (SSSR count). The average Bonchev–Trinajstić information content (AvgIpc) is 2.89. The molecule has 0 aliphatic heterocycles. The van der Waals surface area contributed by atoms with Gasteiger partial charge in [0.2, 0.25) is 0 Å². The van der Waals surface area contributed by atoms with Crippen LogP contribution in [-0.4, -0.2) is 11.8 Å². The zero-order chi connectivity index (χ0) is 12.6. The Morgan fingerprint density at radius 3 is 2.50 bits per heavy atom. The molecule has 1 saturated carbocycles. The van der Waals surface area contributed by atoms with Crippen molar-refractivity contribution in [3.05, 3.63) is 24.3 Å². The van der Waals surface area contributed by atoms with Gasteiger partial charge in [-0.15, -0.1) is 11.8 Å². The summed E-state index contributed by atoms with van der Waals surface area (Å²) in [5.41, 5.74) is 1.27. The van der Waals surface area contributed by atoms with Crippen LogP contribution in [0.5, 0.6) is 0 Å².